The molecule has 0 aliphatic carbocycles. The molecule has 2 rings (SSSR count). The number of nitrogens with one attached hydrogen (secondary N) is 1. The first kappa shape index (κ1) is 19.0. The highest BCUT2D eigenvalue weighted by Crippen LogP contribution is 2.25. The maximum atomic E-state index is 12.8. The van der Waals surface area contributed by atoms with E-state index >= 15 is 0 Å². The van der Waals surface area contributed by atoms with E-state index in [4.69, 9.17) is 32.7 Å². The SMILES string of the molecule is C[C@H](OC(=O)COc1ccc(F)cc1)C(=O)Nc1cc(Cl)ccc1Cl. The van der Waals surface area contributed by atoms with Gasteiger partial charge in [-0.3, -0.25) is 4.79 Å². The van der Waals surface area contributed by atoms with Crippen molar-refractivity contribution in [2.75, 3.05) is 11.9 Å². The van der Waals surface area contributed by atoms with Crippen LogP contribution in [0.1, 0.15) is 6.92 Å². The number of halogens is 3. The van der Waals surface area contributed by atoms with Crippen LogP contribution in [-0.4, -0.2) is 24.6 Å². The lowest BCUT2D eigenvalue weighted by Crippen LogP contribution is -2.31. The first-order valence-electron chi connectivity index (χ1n) is 7.19. The number of ether oxygens (including phenoxy) is 2. The molecule has 8 heteroatoms. The van der Waals surface area contributed by atoms with E-state index in [0.29, 0.717) is 21.5 Å². The van der Waals surface area contributed by atoms with Crippen molar-refractivity contribution in [2.24, 2.45) is 0 Å². The lowest BCUT2D eigenvalue weighted by Gasteiger charge is -2.14. The predicted molar refractivity (Wildman–Crippen MR) is 92.5 cm³/mol. The van der Waals surface area contributed by atoms with Gasteiger partial charge in [0.2, 0.25) is 0 Å². The Hall–Kier alpha value is -2.31. The molecule has 0 unspecified atom stereocenters. The van der Waals surface area contributed by atoms with Crippen molar-refractivity contribution >= 4 is 40.8 Å². The van der Waals surface area contributed by atoms with Gasteiger partial charge < -0.3 is 14.8 Å². The van der Waals surface area contributed by atoms with Crippen LogP contribution in [0.5, 0.6) is 5.75 Å². The number of anilines is 1. The van der Waals surface area contributed by atoms with Gasteiger partial charge >= 0.3 is 5.97 Å². The van der Waals surface area contributed by atoms with Crippen LogP contribution in [0.15, 0.2) is 42.5 Å². The lowest BCUT2D eigenvalue weighted by molar-refractivity contribution is -0.155. The van der Waals surface area contributed by atoms with Crippen molar-refractivity contribution in [2.45, 2.75) is 13.0 Å². The van der Waals surface area contributed by atoms with Gasteiger partial charge in [-0.05, 0) is 49.4 Å². The molecule has 0 aliphatic heterocycles. The van der Waals surface area contributed by atoms with E-state index in [0.717, 1.165) is 0 Å². The first-order chi connectivity index (χ1) is 11.8. The summed E-state index contributed by atoms with van der Waals surface area (Å²) in [6, 6.07) is 9.74. The van der Waals surface area contributed by atoms with E-state index < -0.39 is 30.4 Å². The molecule has 0 aliphatic rings. The summed E-state index contributed by atoms with van der Waals surface area (Å²) < 4.78 is 22.9. The molecular formula is C17H14Cl2FNO4. The van der Waals surface area contributed by atoms with Crippen molar-refractivity contribution in [3.8, 4) is 5.75 Å². The van der Waals surface area contributed by atoms with E-state index in [-0.39, 0.29) is 0 Å². The molecule has 0 radical (unpaired) electrons. The number of carbonyl (C=O) groups excluding carboxylic acids is 2. The molecule has 2 aromatic rings. The summed E-state index contributed by atoms with van der Waals surface area (Å²) >= 11 is 11.8. The number of rotatable bonds is 6. The second kappa shape index (κ2) is 8.69. The third-order valence-electron chi connectivity index (χ3n) is 3.03. The van der Waals surface area contributed by atoms with Crippen molar-refractivity contribution in [1.29, 1.82) is 0 Å². The molecule has 0 saturated carbocycles. The minimum atomic E-state index is -1.07. The zero-order valence-electron chi connectivity index (χ0n) is 13.1. The molecule has 1 amide bonds. The highest BCUT2D eigenvalue weighted by molar-refractivity contribution is 6.35. The molecule has 2 aromatic carbocycles. The first-order valence-corrected chi connectivity index (χ1v) is 7.94. The molecule has 25 heavy (non-hydrogen) atoms. The van der Waals surface area contributed by atoms with Crippen LogP contribution >= 0.6 is 23.2 Å². The largest absolute Gasteiger partial charge is 0.482 e. The summed E-state index contributed by atoms with van der Waals surface area (Å²) in [5.74, 6) is -1.43. The summed E-state index contributed by atoms with van der Waals surface area (Å²) in [6.45, 7) is 0.991. The van der Waals surface area contributed by atoms with Crippen molar-refractivity contribution in [3.05, 3.63) is 58.3 Å². The van der Waals surface area contributed by atoms with Crippen LogP contribution in [0.2, 0.25) is 10.0 Å². The highest BCUT2D eigenvalue weighted by Gasteiger charge is 2.19. The van der Waals surface area contributed by atoms with Crippen LogP contribution < -0.4 is 10.1 Å². The number of esters is 1. The molecular weight excluding hydrogens is 372 g/mol. The van der Waals surface area contributed by atoms with Crippen molar-refractivity contribution in [1.82, 2.24) is 0 Å². The fourth-order valence-corrected chi connectivity index (χ4v) is 2.12. The smallest absolute Gasteiger partial charge is 0.344 e. The van der Waals surface area contributed by atoms with Gasteiger partial charge in [0.05, 0.1) is 10.7 Å². The molecule has 132 valence electrons. The Morgan fingerprint density at radius 3 is 2.52 bits per heavy atom. The normalized spacial score (nSPS) is 11.5. The van der Waals surface area contributed by atoms with Crippen LogP contribution in [0.25, 0.3) is 0 Å². The fraction of sp³-hybridized carbons (Fsp3) is 0.176. The van der Waals surface area contributed by atoms with Gasteiger partial charge in [0.15, 0.2) is 12.7 Å². The molecule has 0 heterocycles. The van der Waals surface area contributed by atoms with Crippen LogP contribution in [-0.2, 0) is 14.3 Å². The maximum absolute atomic E-state index is 12.8. The quantitative estimate of drug-likeness (QED) is 0.760. The molecule has 0 aromatic heterocycles. The van der Waals surface area contributed by atoms with Gasteiger partial charge in [-0.15, -0.1) is 0 Å². The minimum Gasteiger partial charge on any atom is -0.482 e. The molecule has 0 bridgehead atoms. The molecule has 0 spiro atoms. The standard InChI is InChI=1S/C17H14Cl2FNO4/c1-10(17(23)21-15-8-11(18)2-7-14(15)19)25-16(22)9-24-13-5-3-12(20)4-6-13/h2-8,10H,9H2,1H3,(H,21,23)/t10-/m0/s1. The summed E-state index contributed by atoms with van der Waals surface area (Å²) in [6.07, 6.45) is -1.07. The average molecular weight is 386 g/mol. The predicted octanol–water partition coefficient (Wildman–Crippen LogP) is 4.08. The number of hydrogen-bond donors (Lipinski definition) is 1. The van der Waals surface area contributed by atoms with Gasteiger partial charge in [0.1, 0.15) is 11.6 Å². The topological polar surface area (TPSA) is 64.6 Å². The fourth-order valence-electron chi connectivity index (χ4n) is 1.79. The Morgan fingerprint density at radius 2 is 1.84 bits per heavy atom. The number of amides is 1. The second-order valence-corrected chi connectivity index (χ2v) is 5.83. The monoisotopic (exact) mass is 385 g/mol. The molecule has 0 fully saturated rings. The zero-order chi connectivity index (χ0) is 18.4. The summed E-state index contributed by atoms with van der Waals surface area (Å²) in [5.41, 5.74) is 0.310. The van der Waals surface area contributed by atoms with Crippen LogP contribution in [0.4, 0.5) is 10.1 Å². The average Bonchev–Trinajstić information content (AvgIpc) is 2.57. The molecule has 1 N–H and O–H groups in total. The maximum Gasteiger partial charge on any atom is 0.344 e. The van der Waals surface area contributed by atoms with E-state index in [1.165, 1.54) is 43.3 Å². The number of hydrogen-bond acceptors (Lipinski definition) is 4. The third-order valence-corrected chi connectivity index (χ3v) is 3.60. The van der Waals surface area contributed by atoms with Crippen molar-refractivity contribution in [3.63, 3.8) is 0 Å². The highest BCUT2D eigenvalue weighted by atomic mass is 35.5. The van der Waals surface area contributed by atoms with Gasteiger partial charge in [0.25, 0.3) is 5.91 Å². The van der Waals surface area contributed by atoms with Gasteiger partial charge in [-0.2, -0.15) is 0 Å². The zero-order valence-corrected chi connectivity index (χ0v) is 14.6. The van der Waals surface area contributed by atoms with Crippen LogP contribution in [0.3, 0.4) is 0 Å². The summed E-state index contributed by atoms with van der Waals surface area (Å²) in [4.78, 5) is 23.8. The Labute approximate surface area is 153 Å². The van der Waals surface area contributed by atoms with Gasteiger partial charge in [0, 0.05) is 5.02 Å². The lowest BCUT2D eigenvalue weighted by atomic mass is 10.3. The minimum absolute atomic E-state index is 0.302. The molecule has 5 nitrogen and oxygen atoms in total. The van der Waals surface area contributed by atoms with Gasteiger partial charge in [-0.25, -0.2) is 9.18 Å². The molecule has 1 atom stereocenters. The van der Waals surface area contributed by atoms with Crippen molar-refractivity contribution < 1.29 is 23.5 Å². The Balaban J connectivity index is 1.84. The van der Waals surface area contributed by atoms with Gasteiger partial charge in [-0.1, -0.05) is 23.2 Å². The Morgan fingerprint density at radius 1 is 1.16 bits per heavy atom. The Bertz CT molecular complexity index is 768. The van der Waals surface area contributed by atoms with Crippen LogP contribution in [0, 0.1) is 5.82 Å². The van der Waals surface area contributed by atoms with E-state index in [2.05, 4.69) is 5.32 Å². The number of benzene rings is 2. The van der Waals surface area contributed by atoms with E-state index in [9.17, 15) is 14.0 Å². The summed E-state index contributed by atoms with van der Waals surface area (Å²) in [5, 5.41) is 3.22. The number of carbonyl (C=O) groups is 2. The molecule has 0 saturated heterocycles. The second-order valence-electron chi connectivity index (χ2n) is 4.99. The Kier molecular flexibility index (Phi) is 6.61. The van der Waals surface area contributed by atoms with E-state index in [1.807, 2.05) is 0 Å². The summed E-state index contributed by atoms with van der Waals surface area (Å²) in [7, 11) is 0. The van der Waals surface area contributed by atoms with E-state index in [1.54, 1.807) is 6.07 Å². The third kappa shape index (κ3) is 5.92.